The number of unbranched alkanes of at least 4 members (excludes halogenated alkanes) is 6. The van der Waals surface area contributed by atoms with Gasteiger partial charge in [-0.1, -0.05) is 52.4 Å². The zero-order chi connectivity index (χ0) is 18.0. The second-order valence-electron chi connectivity index (χ2n) is 6.19. The summed E-state index contributed by atoms with van der Waals surface area (Å²) < 4.78 is 10.5. The zero-order valence-corrected chi connectivity index (χ0v) is 16.2. The second-order valence-corrected chi connectivity index (χ2v) is 6.57. The number of esters is 2. The Labute approximate surface area is 152 Å². The molecule has 0 aromatic heterocycles. The maximum atomic E-state index is 11.7. The average Bonchev–Trinajstić information content (AvgIpc) is 2.59. The minimum absolute atomic E-state index is 0.0210. The Morgan fingerprint density at radius 3 is 2.12 bits per heavy atom. The molecule has 0 aliphatic heterocycles. The maximum Gasteiger partial charge on any atom is 0.306 e. The van der Waals surface area contributed by atoms with Crippen LogP contribution < -0.4 is 0 Å². The van der Waals surface area contributed by atoms with Crippen LogP contribution in [0.1, 0.15) is 90.9 Å². The normalized spacial score (nSPS) is 12.0. The highest BCUT2D eigenvalue weighted by Gasteiger charge is 2.14. The topological polar surface area (TPSA) is 52.6 Å². The van der Waals surface area contributed by atoms with Gasteiger partial charge >= 0.3 is 11.9 Å². The van der Waals surface area contributed by atoms with Crippen molar-refractivity contribution in [2.24, 2.45) is 0 Å². The smallest absolute Gasteiger partial charge is 0.306 e. The van der Waals surface area contributed by atoms with Crippen LogP contribution in [0, 0.1) is 0 Å². The van der Waals surface area contributed by atoms with Gasteiger partial charge in [-0.25, -0.2) is 0 Å². The Bertz CT molecular complexity index is 320. The number of carbonyl (C=O) groups is 2. The lowest BCUT2D eigenvalue weighted by Gasteiger charge is -2.15. The fraction of sp³-hybridized carbons (Fsp3) is 0.895. The van der Waals surface area contributed by atoms with Crippen LogP contribution in [0.15, 0.2) is 0 Å². The van der Waals surface area contributed by atoms with Crippen LogP contribution in [-0.2, 0) is 19.1 Å². The summed E-state index contributed by atoms with van der Waals surface area (Å²) in [6.07, 6.45) is 10.6. The molecule has 0 radical (unpaired) electrons. The van der Waals surface area contributed by atoms with Crippen LogP contribution in [-0.4, -0.2) is 30.5 Å². The van der Waals surface area contributed by atoms with Crippen LogP contribution in [0.2, 0.25) is 0 Å². The summed E-state index contributed by atoms with van der Waals surface area (Å²) in [6.45, 7) is 4.57. The molecule has 0 aromatic carbocycles. The van der Waals surface area contributed by atoms with E-state index < -0.39 is 0 Å². The number of alkyl halides is 1. The van der Waals surface area contributed by atoms with Crippen LogP contribution in [0.5, 0.6) is 0 Å². The molecule has 0 bridgehead atoms. The molecule has 1 unspecified atom stereocenters. The number of halogens is 1. The van der Waals surface area contributed by atoms with Gasteiger partial charge in [0.25, 0.3) is 0 Å². The van der Waals surface area contributed by atoms with Crippen LogP contribution >= 0.6 is 11.6 Å². The molecule has 0 fully saturated rings. The standard InChI is InChI=1S/C19H35ClO4/c1-3-5-12-17(4-2)24-19(22)14-13-18(21)23-16-11-9-7-6-8-10-15-20/h17H,3-16H2,1-2H3. The first-order valence-electron chi connectivity index (χ1n) is 9.55. The molecule has 24 heavy (non-hydrogen) atoms. The highest BCUT2D eigenvalue weighted by molar-refractivity contribution is 6.17. The third kappa shape index (κ3) is 14.8. The molecule has 1 atom stereocenters. The minimum atomic E-state index is -0.310. The number of ether oxygens (including phenoxy) is 2. The van der Waals surface area contributed by atoms with Gasteiger partial charge in [0.05, 0.1) is 19.4 Å². The zero-order valence-electron chi connectivity index (χ0n) is 15.5. The van der Waals surface area contributed by atoms with Crippen molar-refractivity contribution in [3.05, 3.63) is 0 Å². The highest BCUT2D eigenvalue weighted by Crippen LogP contribution is 2.11. The van der Waals surface area contributed by atoms with Gasteiger partial charge in [-0.2, -0.15) is 0 Å². The molecule has 0 amide bonds. The summed E-state index contributed by atoms with van der Waals surface area (Å²) in [5, 5.41) is 0. The van der Waals surface area contributed by atoms with Crippen molar-refractivity contribution in [1.82, 2.24) is 0 Å². The van der Waals surface area contributed by atoms with E-state index in [0.29, 0.717) is 6.61 Å². The van der Waals surface area contributed by atoms with Crippen LogP contribution in [0.4, 0.5) is 0 Å². The van der Waals surface area contributed by atoms with Gasteiger partial charge in [0.1, 0.15) is 6.10 Å². The van der Waals surface area contributed by atoms with E-state index >= 15 is 0 Å². The molecule has 0 aliphatic carbocycles. The molecular weight excluding hydrogens is 328 g/mol. The second kappa shape index (κ2) is 17.1. The lowest BCUT2D eigenvalue weighted by molar-refractivity contribution is -0.154. The third-order valence-electron chi connectivity index (χ3n) is 3.96. The van der Waals surface area contributed by atoms with Crippen molar-refractivity contribution in [2.75, 3.05) is 12.5 Å². The van der Waals surface area contributed by atoms with Crippen LogP contribution in [0.25, 0.3) is 0 Å². The van der Waals surface area contributed by atoms with Crippen molar-refractivity contribution in [2.45, 2.75) is 97.0 Å². The number of hydrogen-bond acceptors (Lipinski definition) is 4. The van der Waals surface area contributed by atoms with Gasteiger partial charge in [-0.05, 0) is 25.7 Å². The van der Waals surface area contributed by atoms with E-state index in [1.165, 1.54) is 12.8 Å². The van der Waals surface area contributed by atoms with Gasteiger partial charge in [-0.3, -0.25) is 9.59 Å². The summed E-state index contributed by atoms with van der Waals surface area (Å²) in [5.41, 5.74) is 0. The largest absolute Gasteiger partial charge is 0.466 e. The molecule has 142 valence electrons. The van der Waals surface area contributed by atoms with E-state index in [9.17, 15) is 9.59 Å². The Morgan fingerprint density at radius 2 is 1.50 bits per heavy atom. The van der Waals surface area contributed by atoms with E-state index in [1.807, 2.05) is 6.92 Å². The van der Waals surface area contributed by atoms with Gasteiger partial charge in [0.2, 0.25) is 0 Å². The van der Waals surface area contributed by atoms with E-state index in [-0.39, 0.29) is 30.9 Å². The van der Waals surface area contributed by atoms with Crippen molar-refractivity contribution >= 4 is 23.5 Å². The summed E-state index contributed by atoms with van der Waals surface area (Å²) in [7, 11) is 0. The monoisotopic (exact) mass is 362 g/mol. The molecule has 5 heteroatoms. The fourth-order valence-electron chi connectivity index (χ4n) is 2.39. The maximum absolute atomic E-state index is 11.7. The van der Waals surface area contributed by atoms with Gasteiger partial charge in [0, 0.05) is 5.88 Å². The van der Waals surface area contributed by atoms with E-state index in [0.717, 1.165) is 57.2 Å². The highest BCUT2D eigenvalue weighted by atomic mass is 35.5. The molecule has 4 nitrogen and oxygen atoms in total. The average molecular weight is 363 g/mol. The van der Waals surface area contributed by atoms with E-state index in [4.69, 9.17) is 21.1 Å². The summed E-state index contributed by atoms with van der Waals surface area (Å²) in [5.74, 6) is 0.127. The third-order valence-corrected chi connectivity index (χ3v) is 4.22. The Balaban J connectivity index is 3.58. The van der Waals surface area contributed by atoms with Crippen molar-refractivity contribution in [3.8, 4) is 0 Å². The van der Waals surface area contributed by atoms with Crippen LogP contribution in [0.3, 0.4) is 0 Å². The number of carbonyl (C=O) groups excluding carboxylic acids is 2. The predicted octanol–water partition coefficient (Wildman–Crippen LogP) is 5.40. The van der Waals surface area contributed by atoms with E-state index in [2.05, 4.69) is 6.92 Å². The molecule has 0 aliphatic rings. The Hall–Kier alpha value is -0.770. The Kier molecular flexibility index (Phi) is 16.5. The molecule has 0 aromatic rings. The van der Waals surface area contributed by atoms with Crippen molar-refractivity contribution in [3.63, 3.8) is 0 Å². The summed E-state index contributed by atoms with van der Waals surface area (Å²) in [4.78, 5) is 23.3. The van der Waals surface area contributed by atoms with Gasteiger partial charge in [0.15, 0.2) is 0 Å². The van der Waals surface area contributed by atoms with Gasteiger partial charge < -0.3 is 9.47 Å². The number of rotatable bonds is 16. The first-order valence-corrected chi connectivity index (χ1v) is 10.1. The molecule has 0 rings (SSSR count). The molecule has 0 saturated carbocycles. The van der Waals surface area contributed by atoms with E-state index in [1.54, 1.807) is 0 Å². The first-order chi connectivity index (χ1) is 11.6. The molecule has 0 heterocycles. The van der Waals surface area contributed by atoms with Gasteiger partial charge in [-0.15, -0.1) is 11.6 Å². The number of hydrogen-bond donors (Lipinski definition) is 0. The molecule has 0 saturated heterocycles. The molecular formula is C19H35ClO4. The van der Waals surface area contributed by atoms with Crippen molar-refractivity contribution < 1.29 is 19.1 Å². The lowest BCUT2D eigenvalue weighted by atomic mass is 10.1. The Morgan fingerprint density at radius 1 is 0.875 bits per heavy atom. The first kappa shape index (κ1) is 23.2. The summed E-state index contributed by atoms with van der Waals surface area (Å²) >= 11 is 5.62. The predicted molar refractivity (Wildman–Crippen MR) is 98.3 cm³/mol. The summed E-state index contributed by atoms with van der Waals surface area (Å²) in [6, 6.07) is 0. The lowest BCUT2D eigenvalue weighted by Crippen LogP contribution is -2.18. The molecule has 0 N–H and O–H groups in total. The van der Waals surface area contributed by atoms with Crippen molar-refractivity contribution in [1.29, 1.82) is 0 Å². The quantitative estimate of drug-likeness (QED) is 0.209. The minimum Gasteiger partial charge on any atom is -0.466 e. The SMILES string of the molecule is CCCCC(CC)OC(=O)CCC(=O)OCCCCCCCCCl. The molecule has 0 spiro atoms. The fourth-order valence-corrected chi connectivity index (χ4v) is 2.58.